The molecule has 5 aliphatic rings. The first-order valence-electron chi connectivity index (χ1n) is 14.0. The van der Waals surface area contributed by atoms with Gasteiger partial charge in [-0.3, -0.25) is 0 Å². The zero-order valence-corrected chi connectivity index (χ0v) is 22.7. The van der Waals surface area contributed by atoms with Gasteiger partial charge in [-0.05, 0) is 96.2 Å². The Morgan fingerprint density at radius 2 is 1.44 bits per heavy atom. The van der Waals surface area contributed by atoms with E-state index >= 15 is 0 Å². The molecular formula is C30H50O4. The molecule has 0 amide bonds. The van der Waals surface area contributed by atoms with E-state index in [-0.39, 0.29) is 45.7 Å². The maximum absolute atomic E-state index is 11.7. The van der Waals surface area contributed by atoms with Crippen LogP contribution in [0.1, 0.15) is 99.8 Å². The molecule has 0 bridgehead atoms. The minimum atomic E-state index is -0.845. The third-order valence-electron chi connectivity index (χ3n) is 13.1. The first kappa shape index (κ1) is 25.2. The van der Waals surface area contributed by atoms with Gasteiger partial charge in [-0.15, -0.1) is 0 Å². The van der Waals surface area contributed by atoms with Crippen LogP contribution in [0.15, 0.2) is 11.6 Å². The van der Waals surface area contributed by atoms with Gasteiger partial charge in [0.25, 0.3) is 0 Å². The summed E-state index contributed by atoms with van der Waals surface area (Å²) in [6.07, 6.45) is 8.23. The molecule has 4 fully saturated rings. The van der Waals surface area contributed by atoms with Crippen molar-refractivity contribution in [2.24, 2.45) is 50.2 Å². The second-order valence-corrected chi connectivity index (χ2v) is 15.3. The fourth-order valence-electron chi connectivity index (χ4n) is 10.9. The predicted octanol–water partition coefficient (Wildman–Crippen LogP) is 5.08. The number of hydrogen-bond acceptors (Lipinski definition) is 4. The van der Waals surface area contributed by atoms with Crippen molar-refractivity contribution in [1.82, 2.24) is 0 Å². The first-order valence-corrected chi connectivity index (χ1v) is 14.0. The summed E-state index contributed by atoms with van der Waals surface area (Å²) in [5, 5.41) is 44.6. The zero-order valence-electron chi connectivity index (χ0n) is 22.7. The molecule has 0 unspecified atom stereocenters. The molecule has 4 heteroatoms. The van der Waals surface area contributed by atoms with Crippen LogP contribution in [-0.2, 0) is 0 Å². The molecule has 0 radical (unpaired) electrons. The van der Waals surface area contributed by atoms with Crippen molar-refractivity contribution in [2.75, 3.05) is 6.61 Å². The standard InChI is InChI=1S/C30H50O4/c1-25(2)14-19-18-8-9-21-27(5)12-11-22(32)26(3,4)20(27)10-13-28(21,6)29(18,7)16-24(34)30(19,17-31)23(33)15-25/h8,19-24,31-34H,9-17H2,1-7H3/t19-,20-,21-,22-,23-,24+,27-,28+,29+,30+/m0/s1. The van der Waals surface area contributed by atoms with Crippen LogP contribution in [0.2, 0.25) is 0 Å². The quantitative estimate of drug-likeness (QED) is 0.399. The Kier molecular flexibility index (Phi) is 5.44. The molecule has 0 aromatic heterocycles. The van der Waals surface area contributed by atoms with Gasteiger partial charge < -0.3 is 20.4 Å². The van der Waals surface area contributed by atoms with Crippen LogP contribution in [0.4, 0.5) is 0 Å². The van der Waals surface area contributed by atoms with Crippen molar-refractivity contribution in [2.45, 2.75) is 118 Å². The number of allylic oxidation sites excluding steroid dienone is 2. The van der Waals surface area contributed by atoms with E-state index in [1.54, 1.807) is 0 Å². The van der Waals surface area contributed by atoms with E-state index in [1.165, 1.54) is 5.57 Å². The Morgan fingerprint density at radius 1 is 0.794 bits per heavy atom. The maximum atomic E-state index is 11.7. The summed E-state index contributed by atoms with van der Waals surface area (Å²) >= 11 is 0. The Balaban J connectivity index is 1.62. The van der Waals surface area contributed by atoms with Gasteiger partial charge in [0.2, 0.25) is 0 Å². The van der Waals surface area contributed by atoms with Gasteiger partial charge in [0, 0.05) is 0 Å². The monoisotopic (exact) mass is 474 g/mol. The molecule has 0 aliphatic heterocycles. The van der Waals surface area contributed by atoms with E-state index in [9.17, 15) is 20.4 Å². The highest BCUT2D eigenvalue weighted by atomic mass is 16.3. The van der Waals surface area contributed by atoms with E-state index < -0.39 is 17.6 Å². The SMILES string of the molecule is CC1(C)C[C@H](O)[C@]2(CO)[C@H](O)C[C@]3(C)C(=CC[C@H]4[C@@]5(C)CC[C@H](O)C(C)(C)[C@@H]5CC[C@]43C)[C@@H]2C1. The molecule has 34 heavy (non-hydrogen) atoms. The average Bonchev–Trinajstić information content (AvgIpc) is 2.71. The number of aliphatic hydroxyl groups excluding tert-OH is 4. The van der Waals surface area contributed by atoms with Crippen LogP contribution in [0.5, 0.6) is 0 Å². The molecule has 4 N–H and O–H groups in total. The second kappa shape index (κ2) is 7.33. The van der Waals surface area contributed by atoms with E-state index in [0.717, 1.165) is 38.5 Å². The molecule has 194 valence electrons. The number of fused-ring (bicyclic) bond motifs is 7. The highest BCUT2D eigenvalue weighted by molar-refractivity contribution is 5.35. The summed E-state index contributed by atoms with van der Waals surface area (Å²) in [5.41, 5.74) is 0.539. The summed E-state index contributed by atoms with van der Waals surface area (Å²) in [7, 11) is 0. The number of hydrogen-bond donors (Lipinski definition) is 4. The predicted molar refractivity (Wildman–Crippen MR) is 135 cm³/mol. The lowest BCUT2D eigenvalue weighted by Crippen LogP contribution is -2.69. The van der Waals surface area contributed by atoms with Crippen molar-refractivity contribution in [3.63, 3.8) is 0 Å². The molecular weight excluding hydrogens is 424 g/mol. The summed E-state index contributed by atoms with van der Waals surface area (Å²) in [6, 6.07) is 0. The van der Waals surface area contributed by atoms with Crippen LogP contribution >= 0.6 is 0 Å². The van der Waals surface area contributed by atoms with Crippen molar-refractivity contribution >= 4 is 0 Å². The fraction of sp³-hybridized carbons (Fsp3) is 0.933. The molecule has 10 atom stereocenters. The first-order chi connectivity index (χ1) is 15.6. The van der Waals surface area contributed by atoms with E-state index in [4.69, 9.17) is 0 Å². The molecule has 4 nitrogen and oxygen atoms in total. The smallest absolute Gasteiger partial charge is 0.0657 e. The van der Waals surface area contributed by atoms with Crippen molar-refractivity contribution in [3.8, 4) is 0 Å². The van der Waals surface area contributed by atoms with Crippen LogP contribution in [0, 0.1) is 50.2 Å². The van der Waals surface area contributed by atoms with E-state index in [2.05, 4.69) is 54.5 Å². The Hall–Kier alpha value is -0.420. The molecule has 0 aromatic carbocycles. The van der Waals surface area contributed by atoms with Crippen molar-refractivity contribution in [1.29, 1.82) is 0 Å². The second-order valence-electron chi connectivity index (χ2n) is 15.3. The van der Waals surface area contributed by atoms with Crippen LogP contribution < -0.4 is 0 Å². The van der Waals surface area contributed by atoms with Crippen LogP contribution in [-0.4, -0.2) is 45.3 Å². The minimum absolute atomic E-state index is 0.0120. The largest absolute Gasteiger partial charge is 0.396 e. The number of aliphatic hydroxyl groups is 4. The van der Waals surface area contributed by atoms with Gasteiger partial charge in [-0.1, -0.05) is 60.1 Å². The topological polar surface area (TPSA) is 80.9 Å². The number of rotatable bonds is 1. The molecule has 4 saturated carbocycles. The normalized spacial score (nSPS) is 55.8. The lowest BCUT2D eigenvalue weighted by atomic mass is 9.33. The van der Waals surface area contributed by atoms with Crippen LogP contribution in [0.3, 0.4) is 0 Å². The Morgan fingerprint density at radius 3 is 2.09 bits per heavy atom. The van der Waals surface area contributed by atoms with Crippen molar-refractivity contribution in [3.05, 3.63) is 11.6 Å². The molecule has 5 rings (SSSR count). The Labute approximate surface area is 207 Å². The highest BCUT2D eigenvalue weighted by Crippen LogP contribution is 2.75. The third kappa shape index (κ3) is 2.86. The van der Waals surface area contributed by atoms with Gasteiger partial charge in [-0.2, -0.15) is 0 Å². The Bertz CT molecular complexity index is 877. The summed E-state index contributed by atoms with van der Waals surface area (Å²) in [5.74, 6) is 1.02. The maximum Gasteiger partial charge on any atom is 0.0657 e. The van der Waals surface area contributed by atoms with E-state index in [0.29, 0.717) is 24.7 Å². The molecule has 0 aromatic rings. The van der Waals surface area contributed by atoms with Crippen LogP contribution in [0.25, 0.3) is 0 Å². The third-order valence-corrected chi connectivity index (χ3v) is 13.1. The molecule has 0 heterocycles. The molecule has 0 spiro atoms. The van der Waals surface area contributed by atoms with E-state index in [1.807, 2.05) is 0 Å². The molecule has 5 aliphatic carbocycles. The minimum Gasteiger partial charge on any atom is -0.396 e. The highest BCUT2D eigenvalue weighted by Gasteiger charge is 2.70. The lowest BCUT2D eigenvalue weighted by Gasteiger charge is -2.72. The zero-order chi connectivity index (χ0) is 25.1. The van der Waals surface area contributed by atoms with Gasteiger partial charge in [0.1, 0.15) is 0 Å². The summed E-state index contributed by atoms with van der Waals surface area (Å²) in [6.45, 7) is 16.2. The van der Waals surface area contributed by atoms with Gasteiger partial charge in [0.05, 0.1) is 30.3 Å². The van der Waals surface area contributed by atoms with Crippen molar-refractivity contribution < 1.29 is 20.4 Å². The average molecular weight is 475 g/mol. The molecule has 0 saturated heterocycles. The lowest BCUT2D eigenvalue weighted by molar-refractivity contribution is -0.235. The van der Waals surface area contributed by atoms with Gasteiger partial charge in [-0.25, -0.2) is 0 Å². The summed E-state index contributed by atoms with van der Waals surface area (Å²) in [4.78, 5) is 0. The summed E-state index contributed by atoms with van der Waals surface area (Å²) < 4.78 is 0. The fourth-order valence-corrected chi connectivity index (χ4v) is 10.9. The van der Waals surface area contributed by atoms with Gasteiger partial charge >= 0.3 is 0 Å². The van der Waals surface area contributed by atoms with Gasteiger partial charge in [0.15, 0.2) is 0 Å².